The fourth-order valence-corrected chi connectivity index (χ4v) is 4.19. The van der Waals surface area contributed by atoms with Crippen molar-refractivity contribution in [2.24, 2.45) is 0 Å². The first kappa shape index (κ1) is 15.1. The average molecular weight is 232 g/mol. The average Bonchev–Trinajstić information content (AvgIpc) is 2.27. The molecule has 0 aromatic carbocycles. The first-order chi connectivity index (χ1) is 7.24. The van der Waals surface area contributed by atoms with E-state index in [-0.39, 0.29) is 0 Å². The Hall–Kier alpha value is 0.137. The molecule has 0 spiro atoms. The Morgan fingerprint density at radius 3 is 1.93 bits per heavy atom. The van der Waals surface area contributed by atoms with E-state index < -0.39 is 8.56 Å². The molecule has 15 heavy (non-hydrogen) atoms. The van der Waals surface area contributed by atoms with Crippen molar-refractivity contribution in [1.29, 1.82) is 0 Å². The molecule has 0 aliphatic rings. The van der Waals surface area contributed by atoms with Gasteiger partial charge in [-0.3, -0.25) is 0 Å². The lowest BCUT2D eigenvalue weighted by Gasteiger charge is -2.28. The molecular weight excluding hydrogens is 204 g/mol. The summed E-state index contributed by atoms with van der Waals surface area (Å²) in [5.41, 5.74) is 0. The minimum absolute atomic E-state index is 0.795. The second-order valence-electron chi connectivity index (χ2n) is 3.96. The predicted molar refractivity (Wildman–Crippen MR) is 68.4 cm³/mol. The van der Waals surface area contributed by atoms with Crippen LogP contribution in [0.3, 0.4) is 0 Å². The van der Waals surface area contributed by atoms with Crippen molar-refractivity contribution in [2.75, 3.05) is 13.2 Å². The van der Waals surface area contributed by atoms with Gasteiger partial charge in [-0.25, -0.2) is 0 Å². The molecule has 2 nitrogen and oxygen atoms in total. The molecule has 0 aliphatic heterocycles. The van der Waals surface area contributed by atoms with Crippen LogP contribution in [0.25, 0.3) is 0 Å². The van der Waals surface area contributed by atoms with E-state index in [4.69, 9.17) is 8.85 Å². The van der Waals surface area contributed by atoms with Crippen LogP contribution >= 0.6 is 0 Å². The molecule has 0 N–H and O–H groups in total. The van der Waals surface area contributed by atoms with Crippen LogP contribution in [0.5, 0.6) is 0 Å². The highest BCUT2D eigenvalue weighted by atomic mass is 28.4. The Balaban J connectivity index is 3.74. The van der Waals surface area contributed by atoms with Crippen molar-refractivity contribution in [3.8, 4) is 0 Å². The Kier molecular flexibility index (Phi) is 9.45. The third-order valence-corrected chi connectivity index (χ3v) is 6.55. The molecule has 0 amide bonds. The zero-order valence-corrected chi connectivity index (χ0v) is 12.0. The lowest BCUT2D eigenvalue weighted by Crippen LogP contribution is -2.41. The van der Waals surface area contributed by atoms with Crippen molar-refractivity contribution in [3.63, 3.8) is 0 Å². The van der Waals surface area contributed by atoms with Crippen molar-refractivity contribution in [2.45, 2.75) is 65.5 Å². The highest BCUT2D eigenvalue weighted by molar-refractivity contribution is 6.67. The summed E-state index contributed by atoms with van der Waals surface area (Å²) in [5, 5.41) is 0. The summed E-state index contributed by atoms with van der Waals surface area (Å²) in [6.07, 6.45) is 5.09. The van der Waals surface area contributed by atoms with Crippen molar-refractivity contribution in [1.82, 2.24) is 0 Å². The first-order valence-electron chi connectivity index (χ1n) is 6.52. The normalized spacial score (nSPS) is 12.0. The van der Waals surface area contributed by atoms with E-state index in [0.29, 0.717) is 0 Å². The molecule has 0 radical (unpaired) electrons. The summed E-state index contributed by atoms with van der Waals surface area (Å²) in [7, 11) is -1.80. The smallest absolute Gasteiger partial charge is 0.337 e. The second-order valence-corrected chi connectivity index (χ2v) is 7.77. The Morgan fingerprint density at radius 1 is 0.800 bits per heavy atom. The minimum Gasteiger partial charge on any atom is -0.395 e. The van der Waals surface area contributed by atoms with Crippen LogP contribution in [-0.4, -0.2) is 21.8 Å². The third kappa shape index (κ3) is 6.33. The predicted octanol–water partition coefficient (Wildman–Crippen LogP) is 4.10. The van der Waals surface area contributed by atoms with Gasteiger partial charge in [-0.05, 0) is 25.4 Å². The number of hydrogen-bond acceptors (Lipinski definition) is 2. The highest BCUT2D eigenvalue weighted by Gasteiger charge is 2.32. The van der Waals surface area contributed by atoms with E-state index in [1.54, 1.807) is 0 Å². The van der Waals surface area contributed by atoms with E-state index in [2.05, 4.69) is 27.7 Å². The molecule has 0 aromatic heterocycles. The van der Waals surface area contributed by atoms with Crippen LogP contribution in [0.15, 0.2) is 0 Å². The van der Waals surface area contributed by atoms with Gasteiger partial charge in [-0.15, -0.1) is 0 Å². The van der Waals surface area contributed by atoms with Gasteiger partial charge in [-0.1, -0.05) is 40.0 Å². The summed E-state index contributed by atoms with van der Waals surface area (Å²) in [5.74, 6) is 0. The van der Waals surface area contributed by atoms with Gasteiger partial charge in [0, 0.05) is 13.2 Å². The van der Waals surface area contributed by atoms with Gasteiger partial charge in [-0.2, -0.15) is 0 Å². The Labute approximate surface area is 96.6 Å². The zero-order chi connectivity index (χ0) is 11.6. The molecule has 0 bridgehead atoms. The van der Waals surface area contributed by atoms with E-state index in [1.807, 2.05) is 0 Å². The molecule has 0 aliphatic carbocycles. The van der Waals surface area contributed by atoms with Gasteiger partial charge >= 0.3 is 8.56 Å². The summed E-state index contributed by atoms with van der Waals surface area (Å²) in [6.45, 7) is 10.4. The van der Waals surface area contributed by atoms with Gasteiger partial charge in [0.1, 0.15) is 0 Å². The number of hydrogen-bond donors (Lipinski definition) is 0. The van der Waals surface area contributed by atoms with Crippen LogP contribution in [-0.2, 0) is 8.85 Å². The van der Waals surface area contributed by atoms with Gasteiger partial charge < -0.3 is 8.85 Å². The molecule has 0 atom stereocenters. The summed E-state index contributed by atoms with van der Waals surface area (Å²) in [6, 6.07) is 2.15. The molecule has 0 fully saturated rings. The van der Waals surface area contributed by atoms with E-state index in [1.165, 1.54) is 25.7 Å². The molecule has 0 unspecified atom stereocenters. The van der Waals surface area contributed by atoms with Crippen LogP contribution in [0.4, 0.5) is 0 Å². The molecule has 0 rings (SSSR count). The lowest BCUT2D eigenvalue weighted by molar-refractivity contribution is 0.173. The summed E-state index contributed by atoms with van der Waals surface area (Å²) < 4.78 is 11.9. The third-order valence-electron chi connectivity index (χ3n) is 2.85. The first-order valence-corrected chi connectivity index (χ1v) is 8.75. The lowest BCUT2D eigenvalue weighted by atomic mass is 10.2. The molecule has 0 saturated carbocycles. The van der Waals surface area contributed by atoms with Crippen LogP contribution < -0.4 is 0 Å². The molecule has 0 heterocycles. The van der Waals surface area contributed by atoms with E-state index >= 15 is 0 Å². The van der Waals surface area contributed by atoms with Crippen molar-refractivity contribution < 1.29 is 8.85 Å². The van der Waals surface area contributed by atoms with E-state index in [9.17, 15) is 0 Å². The fourth-order valence-electron chi connectivity index (χ4n) is 1.75. The van der Waals surface area contributed by atoms with Gasteiger partial charge in [0.05, 0.1) is 0 Å². The van der Waals surface area contributed by atoms with E-state index in [0.717, 1.165) is 25.3 Å². The van der Waals surface area contributed by atoms with Crippen LogP contribution in [0.1, 0.15) is 53.4 Å². The maximum Gasteiger partial charge on any atom is 0.337 e. The van der Waals surface area contributed by atoms with Gasteiger partial charge in [0.25, 0.3) is 0 Å². The quantitative estimate of drug-likeness (QED) is 0.417. The van der Waals surface area contributed by atoms with Gasteiger partial charge in [0.2, 0.25) is 0 Å². The molecular formula is C12H28O2Si. The standard InChI is InChI=1S/C12H28O2Si/c1-5-9-10-11-12-14-15(7-3,8-4)13-6-2/h5-12H2,1-4H3. The molecule has 0 saturated heterocycles. The number of rotatable bonds is 10. The summed E-state index contributed by atoms with van der Waals surface area (Å²) >= 11 is 0. The van der Waals surface area contributed by atoms with Crippen molar-refractivity contribution in [3.05, 3.63) is 0 Å². The SMILES string of the molecule is CCCCCCO[Si](CC)(CC)OCC. The largest absolute Gasteiger partial charge is 0.395 e. The monoisotopic (exact) mass is 232 g/mol. The molecule has 3 heteroatoms. The van der Waals surface area contributed by atoms with Gasteiger partial charge in [0.15, 0.2) is 0 Å². The molecule has 92 valence electrons. The number of unbranched alkanes of at least 4 members (excludes halogenated alkanes) is 3. The maximum absolute atomic E-state index is 6.03. The van der Waals surface area contributed by atoms with Crippen LogP contribution in [0.2, 0.25) is 12.1 Å². The maximum atomic E-state index is 6.03. The second kappa shape index (κ2) is 9.37. The summed E-state index contributed by atoms with van der Waals surface area (Å²) in [4.78, 5) is 0. The minimum atomic E-state index is -1.80. The van der Waals surface area contributed by atoms with Crippen LogP contribution in [0, 0.1) is 0 Å². The topological polar surface area (TPSA) is 18.5 Å². The zero-order valence-electron chi connectivity index (χ0n) is 11.0. The Morgan fingerprint density at radius 2 is 1.47 bits per heavy atom. The Bertz CT molecular complexity index is 136. The fraction of sp³-hybridized carbons (Fsp3) is 1.00. The molecule has 0 aromatic rings. The highest BCUT2D eigenvalue weighted by Crippen LogP contribution is 2.19. The van der Waals surface area contributed by atoms with Crippen molar-refractivity contribution >= 4 is 8.56 Å².